The van der Waals surface area contributed by atoms with Gasteiger partial charge in [0.05, 0.1) is 18.2 Å². The molecule has 0 atom stereocenters. The summed E-state index contributed by atoms with van der Waals surface area (Å²) in [5.41, 5.74) is 1.83. The molecular formula is C10H8INO2. The van der Waals surface area contributed by atoms with Gasteiger partial charge in [0.2, 0.25) is 0 Å². The van der Waals surface area contributed by atoms with Crippen LogP contribution in [0.15, 0.2) is 12.1 Å². The van der Waals surface area contributed by atoms with E-state index in [1.807, 2.05) is 13.0 Å². The first kappa shape index (κ1) is 11.0. The molecule has 1 aromatic rings. The minimum absolute atomic E-state index is 0.416. The Morgan fingerprint density at radius 1 is 1.57 bits per heavy atom. The van der Waals surface area contributed by atoms with E-state index in [0.717, 1.165) is 9.13 Å². The summed E-state index contributed by atoms with van der Waals surface area (Å²) < 4.78 is 5.45. The molecule has 0 amide bonds. The maximum absolute atomic E-state index is 11.2. The second kappa shape index (κ2) is 4.42. The summed E-state index contributed by atoms with van der Waals surface area (Å²) in [6.45, 7) is 1.86. The first-order valence-corrected chi connectivity index (χ1v) is 4.96. The van der Waals surface area contributed by atoms with E-state index >= 15 is 0 Å². The third-order valence-electron chi connectivity index (χ3n) is 1.80. The van der Waals surface area contributed by atoms with Crippen LogP contribution in [0.4, 0.5) is 0 Å². The van der Waals surface area contributed by atoms with Crippen LogP contribution in [-0.2, 0) is 4.74 Å². The Balaban J connectivity index is 3.32. The largest absolute Gasteiger partial charge is 0.465 e. The van der Waals surface area contributed by atoms with Gasteiger partial charge in [-0.2, -0.15) is 5.26 Å². The number of halogens is 1. The standard InChI is InChI=1S/C10H8INO2/c1-6-3-7(10(13)14-2)4-8(5-12)9(6)11/h3-4H,1-2H3. The molecule has 0 unspecified atom stereocenters. The Labute approximate surface area is 95.8 Å². The topological polar surface area (TPSA) is 50.1 Å². The van der Waals surface area contributed by atoms with Gasteiger partial charge in [-0.3, -0.25) is 0 Å². The second-order valence-electron chi connectivity index (χ2n) is 2.76. The van der Waals surface area contributed by atoms with Crippen molar-refractivity contribution in [2.24, 2.45) is 0 Å². The zero-order valence-electron chi connectivity index (χ0n) is 7.80. The third-order valence-corrected chi connectivity index (χ3v) is 3.23. The lowest BCUT2D eigenvalue weighted by atomic mass is 10.1. The fourth-order valence-corrected chi connectivity index (χ4v) is 1.52. The Morgan fingerprint density at radius 2 is 2.21 bits per heavy atom. The monoisotopic (exact) mass is 301 g/mol. The lowest BCUT2D eigenvalue weighted by Gasteiger charge is -2.04. The van der Waals surface area contributed by atoms with E-state index < -0.39 is 5.97 Å². The van der Waals surface area contributed by atoms with Crippen molar-refractivity contribution in [2.75, 3.05) is 7.11 Å². The summed E-state index contributed by atoms with van der Waals surface area (Å²) >= 11 is 2.08. The molecule has 72 valence electrons. The molecule has 0 saturated carbocycles. The number of benzene rings is 1. The fraction of sp³-hybridized carbons (Fsp3) is 0.200. The van der Waals surface area contributed by atoms with Crippen molar-refractivity contribution in [1.29, 1.82) is 5.26 Å². The fourth-order valence-electron chi connectivity index (χ4n) is 1.09. The van der Waals surface area contributed by atoms with Crippen molar-refractivity contribution in [3.8, 4) is 6.07 Å². The minimum atomic E-state index is -0.416. The van der Waals surface area contributed by atoms with Crippen LogP contribution in [0.25, 0.3) is 0 Å². The number of carbonyl (C=O) groups is 1. The summed E-state index contributed by atoms with van der Waals surface area (Å²) in [6, 6.07) is 5.30. The third kappa shape index (κ3) is 2.04. The molecule has 0 aromatic heterocycles. The van der Waals surface area contributed by atoms with Crippen LogP contribution in [0.2, 0.25) is 0 Å². The number of carbonyl (C=O) groups excluding carboxylic acids is 1. The van der Waals surface area contributed by atoms with Crippen molar-refractivity contribution < 1.29 is 9.53 Å². The molecule has 0 aliphatic rings. The van der Waals surface area contributed by atoms with Crippen molar-refractivity contribution in [2.45, 2.75) is 6.92 Å². The molecule has 0 aliphatic carbocycles. The molecule has 0 radical (unpaired) electrons. The predicted octanol–water partition coefficient (Wildman–Crippen LogP) is 2.26. The molecular weight excluding hydrogens is 293 g/mol. The molecule has 0 spiro atoms. The van der Waals surface area contributed by atoms with E-state index in [-0.39, 0.29) is 0 Å². The van der Waals surface area contributed by atoms with Gasteiger partial charge in [-0.15, -0.1) is 0 Å². The van der Waals surface area contributed by atoms with Crippen LogP contribution in [0.3, 0.4) is 0 Å². The molecule has 14 heavy (non-hydrogen) atoms. The maximum Gasteiger partial charge on any atom is 0.337 e. The quantitative estimate of drug-likeness (QED) is 0.590. The molecule has 0 saturated heterocycles. The highest BCUT2D eigenvalue weighted by molar-refractivity contribution is 14.1. The number of ether oxygens (including phenoxy) is 1. The zero-order valence-corrected chi connectivity index (χ0v) is 9.95. The molecule has 3 nitrogen and oxygen atoms in total. The van der Waals surface area contributed by atoms with E-state index in [1.54, 1.807) is 12.1 Å². The van der Waals surface area contributed by atoms with Gasteiger partial charge in [0.1, 0.15) is 6.07 Å². The van der Waals surface area contributed by atoms with Gasteiger partial charge in [-0.25, -0.2) is 4.79 Å². The van der Waals surface area contributed by atoms with E-state index in [1.165, 1.54) is 7.11 Å². The van der Waals surface area contributed by atoms with E-state index in [9.17, 15) is 4.79 Å². The van der Waals surface area contributed by atoms with E-state index in [2.05, 4.69) is 27.3 Å². The second-order valence-corrected chi connectivity index (χ2v) is 3.84. The predicted molar refractivity (Wildman–Crippen MR) is 60.0 cm³/mol. The van der Waals surface area contributed by atoms with E-state index in [4.69, 9.17) is 5.26 Å². The van der Waals surface area contributed by atoms with Crippen molar-refractivity contribution in [3.05, 3.63) is 32.4 Å². The summed E-state index contributed by atoms with van der Waals surface area (Å²) in [5.74, 6) is -0.416. The van der Waals surface area contributed by atoms with Crippen LogP contribution < -0.4 is 0 Å². The van der Waals surface area contributed by atoms with Gasteiger partial charge >= 0.3 is 5.97 Å². The van der Waals surface area contributed by atoms with Crippen LogP contribution in [0.1, 0.15) is 21.5 Å². The van der Waals surface area contributed by atoms with Gasteiger partial charge < -0.3 is 4.74 Å². The highest BCUT2D eigenvalue weighted by Crippen LogP contribution is 2.19. The SMILES string of the molecule is COC(=O)c1cc(C)c(I)c(C#N)c1. The first-order valence-electron chi connectivity index (χ1n) is 3.88. The number of hydrogen-bond donors (Lipinski definition) is 0. The van der Waals surface area contributed by atoms with Gasteiger partial charge in [0.25, 0.3) is 0 Å². The highest BCUT2D eigenvalue weighted by Gasteiger charge is 2.10. The van der Waals surface area contributed by atoms with Crippen molar-refractivity contribution >= 4 is 28.6 Å². The molecule has 1 rings (SSSR count). The van der Waals surface area contributed by atoms with Gasteiger partial charge in [-0.05, 0) is 47.2 Å². The molecule has 0 N–H and O–H groups in total. The Morgan fingerprint density at radius 3 is 2.71 bits per heavy atom. The molecule has 0 heterocycles. The number of nitriles is 1. The summed E-state index contributed by atoms with van der Waals surface area (Å²) in [7, 11) is 1.32. The molecule has 1 aromatic carbocycles. The van der Waals surface area contributed by atoms with Crippen LogP contribution >= 0.6 is 22.6 Å². The Bertz CT molecular complexity index is 421. The number of esters is 1. The van der Waals surface area contributed by atoms with Crippen LogP contribution in [-0.4, -0.2) is 13.1 Å². The van der Waals surface area contributed by atoms with Gasteiger partial charge in [-0.1, -0.05) is 0 Å². The number of nitrogens with zero attached hydrogens (tertiary/aromatic N) is 1. The Hall–Kier alpha value is -1.09. The number of hydrogen-bond acceptors (Lipinski definition) is 3. The number of rotatable bonds is 1. The normalized spacial score (nSPS) is 9.29. The molecule has 0 aliphatic heterocycles. The average Bonchev–Trinajstić information content (AvgIpc) is 2.20. The smallest absolute Gasteiger partial charge is 0.337 e. The van der Waals surface area contributed by atoms with Gasteiger partial charge in [0, 0.05) is 3.57 Å². The van der Waals surface area contributed by atoms with E-state index in [0.29, 0.717) is 11.1 Å². The summed E-state index contributed by atoms with van der Waals surface area (Å²) in [4.78, 5) is 11.2. The van der Waals surface area contributed by atoms with Crippen LogP contribution in [0, 0.1) is 21.8 Å². The molecule has 0 bridgehead atoms. The van der Waals surface area contributed by atoms with Crippen molar-refractivity contribution in [1.82, 2.24) is 0 Å². The molecule has 0 fully saturated rings. The van der Waals surface area contributed by atoms with Gasteiger partial charge in [0.15, 0.2) is 0 Å². The first-order chi connectivity index (χ1) is 6.60. The number of aryl methyl sites for hydroxylation is 1. The highest BCUT2D eigenvalue weighted by atomic mass is 127. The summed E-state index contributed by atoms with van der Waals surface area (Å²) in [6.07, 6.45) is 0. The maximum atomic E-state index is 11.2. The summed E-state index contributed by atoms with van der Waals surface area (Å²) in [5, 5.41) is 8.81. The lowest BCUT2D eigenvalue weighted by molar-refractivity contribution is 0.0600. The lowest BCUT2D eigenvalue weighted by Crippen LogP contribution is -2.03. The Kier molecular flexibility index (Phi) is 3.47. The number of methoxy groups -OCH3 is 1. The average molecular weight is 301 g/mol. The minimum Gasteiger partial charge on any atom is -0.465 e. The zero-order chi connectivity index (χ0) is 10.7. The van der Waals surface area contributed by atoms with Crippen LogP contribution in [0.5, 0.6) is 0 Å². The van der Waals surface area contributed by atoms with Crippen molar-refractivity contribution in [3.63, 3.8) is 0 Å². The molecule has 4 heteroatoms.